The minimum atomic E-state index is -0.280. The minimum Gasteiger partial charge on any atom is -0.383 e. The zero-order valence-corrected chi connectivity index (χ0v) is 15.9. The van der Waals surface area contributed by atoms with Crippen molar-refractivity contribution in [2.45, 2.75) is 11.7 Å². The van der Waals surface area contributed by atoms with Crippen molar-refractivity contribution in [1.82, 2.24) is 14.5 Å². The molecule has 0 saturated heterocycles. The Morgan fingerprint density at radius 2 is 2.11 bits per heavy atom. The highest BCUT2D eigenvalue weighted by atomic mass is 32.2. The van der Waals surface area contributed by atoms with Crippen LogP contribution in [0, 0.1) is 0 Å². The third kappa shape index (κ3) is 4.83. The average Bonchev–Trinajstić information content (AvgIpc) is 3.11. The molecule has 0 saturated carbocycles. The summed E-state index contributed by atoms with van der Waals surface area (Å²) in [6.07, 6.45) is 1.59. The van der Waals surface area contributed by atoms with Gasteiger partial charge in [-0.15, -0.1) is 17.9 Å². The summed E-state index contributed by atoms with van der Waals surface area (Å²) in [6, 6.07) is 11.0. The van der Waals surface area contributed by atoms with Crippen LogP contribution < -0.4 is 16.6 Å². The van der Waals surface area contributed by atoms with Crippen LogP contribution in [-0.2, 0) is 11.3 Å². The van der Waals surface area contributed by atoms with Crippen LogP contribution in [0.3, 0.4) is 0 Å². The van der Waals surface area contributed by atoms with E-state index in [4.69, 9.17) is 5.73 Å². The van der Waals surface area contributed by atoms with E-state index in [0.29, 0.717) is 16.8 Å². The Balaban J connectivity index is 1.65. The Morgan fingerprint density at radius 3 is 2.85 bits per heavy atom. The standard InChI is InChI=1S/C18H17N5O2S2/c1-2-8-23-16(25)9-14(19)21-18(23)27-11-15(24)22-17-20-13(10-26-17)12-6-4-3-5-7-12/h2-7,9-10H,1,8,11,19H2,(H,20,22,24). The molecule has 3 aromatic rings. The summed E-state index contributed by atoms with van der Waals surface area (Å²) in [4.78, 5) is 32.8. The fraction of sp³-hybridized carbons (Fsp3) is 0.111. The second-order valence-electron chi connectivity index (χ2n) is 5.44. The number of thiazole rings is 1. The number of anilines is 2. The van der Waals surface area contributed by atoms with Gasteiger partial charge >= 0.3 is 0 Å². The number of thioether (sulfide) groups is 1. The third-order valence-corrected chi connectivity index (χ3v) is 5.19. The van der Waals surface area contributed by atoms with Crippen molar-refractivity contribution >= 4 is 40.0 Å². The number of carbonyl (C=O) groups is 1. The van der Waals surface area contributed by atoms with Crippen LogP contribution in [0.4, 0.5) is 10.9 Å². The Morgan fingerprint density at radius 1 is 1.33 bits per heavy atom. The molecule has 1 amide bonds. The van der Waals surface area contributed by atoms with Crippen molar-refractivity contribution in [2.24, 2.45) is 0 Å². The van der Waals surface area contributed by atoms with E-state index in [-0.39, 0.29) is 23.0 Å². The number of nitrogens with one attached hydrogen (secondary N) is 1. The first-order valence-electron chi connectivity index (χ1n) is 7.98. The van der Waals surface area contributed by atoms with Crippen LogP contribution in [0.25, 0.3) is 11.3 Å². The number of aromatic nitrogens is 3. The Bertz CT molecular complexity index is 1010. The van der Waals surface area contributed by atoms with Crippen LogP contribution in [0.1, 0.15) is 0 Å². The number of carbonyl (C=O) groups excluding carboxylic acids is 1. The summed E-state index contributed by atoms with van der Waals surface area (Å²) in [7, 11) is 0. The lowest BCUT2D eigenvalue weighted by Gasteiger charge is -2.09. The topological polar surface area (TPSA) is 103 Å². The second kappa shape index (κ2) is 8.65. The maximum Gasteiger partial charge on any atom is 0.256 e. The molecule has 7 nitrogen and oxygen atoms in total. The van der Waals surface area contributed by atoms with Crippen LogP contribution in [0.15, 0.2) is 64.4 Å². The molecule has 9 heteroatoms. The molecule has 0 unspecified atom stereocenters. The molecule has 1 aromatic carbocycles. The minimum absolute atomic E-state index is 0.0767. The van der Waals surface area contributed by atoms with Crippen molar-refractivity contribution in [1.29, 1.82) is 0 Å². The molecule has 0 aliphatic carbocycles. The van der Waals surface area contributed by atoms with Gasteiger partial charge in [0.2, 0.25) is 5.91 Å². The molecule has 3 N–H and O–H groups in total. The van der Waals surface area contributed by atoms with Gasteiger partial charge in [-0.1, -0.05) is 48.2 Å². The quantitative estimate of drug-likeness (QED) is 0.360. The first-order valence-corrected chi connectivity index (χ1v) is 9.85. The maximum absolute atomic E-state index is 12.2. The van der Waals surface area contributed by atoms with E-state index < -0.39 is 0 Å². The number of rotatable bonds is 7. The summed E-state index contributed by atoms with van der Waals surface area (Å²) in [5.74, 6) is -0.0424. The molecule has 138 valence electrons. The molecular weight excluding hydrogens is 382 g/mol. The number of nitrogens with zero attached hydrogens (tertiary/aromatic N) is 3. The van der Waals surface area contributed by atoms with E-state index in [0.717, 1.165) is 23.0 Å². The van der Waals surface area contributed by atoms with Gasteiger partial charge in [0.25, 0.3) is 5.56 Å². The Hall–Kier alpha value is -2.91. The number of benzene rings is 1. The summed E-state index contributed by atoms with van der Waals surface area (Å²) >= 11 is 2.49. The van der Waals surface area contributed by atoms with Crippen LogP contribution in [0.2, 0.25) is 0 Å². The normalized spacial score (nSPS) is 10.5. The molecule has 0 bridgehead atoms. The van der Waals surface area contributed by atoms with Gasteiger partial charge in [0.05, 0.1) is 11.4 Å². The number of nitrogens with two attached hydrogens (primary N) is 1. The van der Waals surface area contributed by atoms with Crippen molar-refractivity contribution in [2.75, 3.05) is 16.8 Å². The fourth-order valence-corrected chi connectivity index (χ4v) is 3.83. The van der Waals surface area contributed by atoms with E-state index in [9.17, 15) is 9.59 Å². The maximum atomic E-state index is 12.2. The van der Waals surface area contributed by atoms with Crippen molar-refractivity contribution in [3.05, 3.63) is 64.8 Å². The molecule has 0 spiro atoms. The molecule has 0 aliphatic rings. The van der Waals surface area contributed by atoms with Gasteiger partial charge in [0.1, 0.15) is 5.82 Å². The van der Waals surface area contributed by atoms with Crippen LogP contribution in [-0.4, -0.2) is 26.2 Å². The Kier molecular flexibility index (Phi) is 6.05. The highest BCUT2D eigenvalue weighted by molar-refractivity contribution is 7.99. The fourth-order valence-electron chi connectivity index (χ4n) is 2.27. The smallest absolute Gasteiger partial charge is 0.256 e. The summed E-state index contributed by atoms with van der Waals surface area (Å²) in [6.45, 7) is 3.92. The molecular formula is C18H17N5O2S2. The molecule has 0 aliphatic heterocycles. The monoisotopic (exact) mass is 399 g/mol. The SMILES string of the molecule is C=CCn1c(SCC(=O)Nc2nc(-c3ccccc3)cs2)nc(N)cc1=O. The number of hydrogen-bond acceptors (Lipinski definition) is 7. The van der Waals surface area contributed by atoms with Gasteiger partial charge in [-0.05, 0) is 0 Å². The lowest BCUT2D eigenvalue weighted by atomic mass is 10.2. The Labute approximate surface area is 164 Å². The molecule has 27 heavy (non-hydrogen) atoms. The third-order valence-electron chi connectivity index (χ3n) is 3.46. The highest BCUT2D eigenvalue weighted by Gasteiger charge is 2.12. The number of amides is 1. The van der Waals surface area contributed by atoms with Gasteiger partial charge in [0, 0.05) is 23.6 Å². The molecule has 0 fully saturated rings. The zero-order valence-electron chi connectivity index (χ0n) is 14.3. The van der Waals surface area contributed by atoms with Crippen molar-refractivity contribution in [3.8, 4) is 11.3 Å². The molecule has 0 atom stereocenters. The average molecular weight is 400 g/mol. The van der Waals surface area contributed by atoms with Crippen LogP contribution >= 0.6 is 23.1 Å². The van der Waals surface area contributed by atoms with Gasteiger partial charge in [-0.25, -0.2) is 9.97 Å². The zero-order chi connectivity index (χ0) is 19.2. The lowest BCUT2D eigenvalue weighted by molar-refractivity contribution is -0.113. The number of hydrogen-bond donors (Lipinski definition) is 2. The van der Waals surface area contributed by atoms with Gasteiger partial charge in [-0.3, -0.25) is 14.2 Å². The number of allylic oxidation sites excluding steroid dienone is 1. The van der Waals surface area contributed by atoms with E-state index in [1.54, 1.807) is 6.08 Å². The van der Waals surface area contributed by atoms with Crippen molar-refractivity contribution in [3.63, 3.8) is 0 Å². The number of nitrogen functional groups attached to an aromatic ring is 1. The van der Waals surface area contributed by atoms with Crippen LogP contribution in [0.5, 0.6) is 0 Å². The summed E-state index contributed by atoms with van der Waals surface area (Å²) in [5, 5.41) is 5.54. The summed E-state index contributed by atoms with van der Waals surface area (Å²) < 4.78 is 1.41. The van der Waals surface area contributed by atoms with E-state index in [1.165, 1.54) is 22.0 Å². The highest BCUT2D eigenvalue weighted by Crippen LogP contribution is 2.25. The first kappa shape index (κ1) is 18.9. The molecule has 0 radical (unpaired) electrons. The largest absolute Gasteiger partial charge is 0.383 e. The van der Waals surface area contributed by atoms with E-state index in [2.05, 4.69) is 21.9 Å². The van der Waals surface area contributed by atoms with Gasteiger partial charge in [-0.2, -0.15) is 0 Å². The van der Waals surface area contributed by atoms with Gasteiger partial charge in [0.15, 0.2) is 10.3 Å². The molecule has 2 heterocycles. The van der Waals surface area contributed by atoms with Gasteiger partial charge < -0.3 is 11.1 Å². The summed E-state index contributed by atoms with van der Waals surface area (Å²) in [5.41, 5.74) is 7.15. The molecule has 2 aromatic heterocycles. The first-order chi connectivity index (χ1) is 13.1. The predicted octanol–water partition coefficient (Wildman–Crippen LogP) is 2.87. The van der Waals surface area contributed by atoms with E-state index in [1.807, 2.05) is 35.7 Å². The molecule has 3 rings (SSSR count). The predicted molar refractivity (Wildman–Crippen MR) is 110 cm³/mol. The second-order valence-corrected chi connectivity index (χ2v) is 7.24. The van der Waals surface area contributed by atoms with Crippen molar-refractivity contribution < 1.29 is 4.79 Å². The lowest BCUT2D eigenvalue weighted by Crippen LogP contribution is -2.23. The van der Waals surface area contributed by atoms with E-state index >= 15 is 0 Å².